The first kappa shape index (κ1) is 15.6. The molecule has 106 valence electrons. The van der Waals surface area contributed by atoms with E-state index < -0.39 is 41.8 Å². The van der Waals surface area contributed by atoms with Crippen molar-refractivity contribution in [3.05, 3.63) is 35.4 Å². The number of aliphatic carboxylic acids is 2. The highest BCUT2D eigenvalue weighted by molar-refractivity contribution is 5.71. The highest BCUT2D eigenvalue weighted by Crippen LogP contribution is 2.33. The molecule has 0 spiro atoms. The summed E-state index contributed by atoms with van der Waals surface area (Å²) >= 11 is 0. The van der Waals surface area contributed by atoms with Crippen LogP contribution in [0.1, 0.15) is 24.8 Å². The minimum absolute atomic E-state index is 0.0532. The average Bonchev–Trinajstić information content (AvgIpc) is 2.37. The Morgan fingerprint density at radius 3 is 2.30 bits per heavy atom. The third-order valence-electron chi connectivity index (χ3n) is 2.90. The number of hydrogen-bond donors (Lipinski definition) is 2. The molecule has 2 N–H and O–H groups in total. The number of carboxylic acids is 2. The van der Waals surface area contributed by atoms with E-state index in [1.54, 1.807) is 6.07 Å². The van der Waals surface area contributed by atoms with Gasteiger partial charge in [0.1, 0.15) is 0 Å². The third-order valence-corrected chi connectivity index (χ3v) is 2.90. The SMILES string of the molecule is N#CC(CCC(=O)O)(CC(=O)O)c1ccc(F)c(F)c1. The molecular formula is C13H11F2NO4. The molecule has 0 aromatic heterocycles. The maximum Gasteiger partial charge on any atom is 0.305 e. The number of benzene rings is 1. The van der Waals surface area contributed by atoms with Gasteiger partial charge in [-0.3, -0.25) is 9.59 Å². The molecule has 0 saturated carbocycles. The third kappa shape index (κ3) is 3.51. The smallest absolute Gasteiger partial charge is 0.305 e. The molecule has 0 aliphatic rings. The van der Waals surface area contributed by atoms with Crippen LogP contribution in [0.5, 0.6) is 0 Å². The number of nitriles is 1. The van der Waals surface area contributed by atoms with Crippen LogP contribution in [-0.4, -0.2) is 22.2 Å². The topological polar surface area (TPSA) is 98.4 Å². The Balaban J connectivity index is 3.26. The Morgan fingerprint density at radius 2 is 1.85 bits per heavy atom. The van der Waals surface area contributed by atoms with Gasteiger partial charge < -0.3 is 10.2 Å². The van der Waals surface area contributed by atoms with E-state index in [0.717, 1.165) is 18.2 Å². The number of carbonyl (C=O) groups is 2. The minimum atomic E-state index is -1.71. The molecule has 0 bridgehead atoms. The summed E-state index contributed by atoms with van der Waals surface area (Å²) in [6.45, 7) is 0. The lowest BCUT2D eigenvalue weighted by molar-refractivity contribution is -0.140. The fraction of sp³-hybridized carbons (Fsp3) is 0.308. The van der Waals surface area contributed by atoms with Gasteiger partial charge in [-0.1, -0.05) is 6.07 Å². The van der Waals surface area contributed by atoms with Gasteiger partial charge in [-0.15, -0.1) is 0 Å². The van der Waals surface area contributed by atoms with Crippen molar-refractivity contribution < 1.29 is 28.6 Å². The Hall–Kier alpha value is -2.49. The van der Waals surface area contributed by atoms with Gasteiger partial charge in [-0.05, 0) is 24.1 Å². The fourth-order valence-electron chi connectivity index (χ4n) is 1.87. The molecule has 1 aromatic rings. The highest BCUT2D eigenvalue weighted by atomic mass is 19.2. The largest absolute Gasteiger partial charge is 0.481 e. The zero-order chi connectivity index (χ0) is 15.3. The summed E-state index contributed by atoms with van der Waals surface area (Å²) < 4.78 is 26.1. The second-order valence-corrected chi connectivity index (χ2v) is 4.29. The van der Waals surface area contributed by atoms with Crippen molar-refractivity contribution >= 4 is 11.9 Å². The van der Waals surface area contributed by atoms with E-state index in [-0.39, 0.29) is 12.0 Å². The van der Waals surface area contributed by atoms with Crippen molar-refractivity contribution in [1.82, 2.24) is 0 Å². The van der Waals surface area contributed by atoms with E-state index in [9.17, 15) is 23.6 Å². The van der Waals surface area contributed by atoms with Crippen LogP contribution in [0.15, 0.2) is 18.2 Å². The maximum atomic E-state index is 13.2. The van der Waals surface area contributed by atoms with Gasteiger partial charge in [-0.2, -0.15) is 5.26 Å². The molecule has 1 unspecified atom stereocenters. The number of carboxylic acid groups (broad SMARTS) is 2. The van der Waals surface area contributed by atoms with Crippen molar-refractivity contribution in [3.8, 4) is 6.07 Å². The predicted molar refractivity (Wildman–Crippen MR) is 62.8 cm³/mol. The summed E-state index contributed by atoms with van der Waals surface area (Å²) in [5.74, 6) is -4.89. The second-order valence-electron chi connectivity index (χ2n) is 4.29. The highest BCUT2D eigenvalue weighted by Gasteiger charge is 2.36. The van der Waals surface area contributed by atoms with Gasteiger partial charge in [0.15, 0.2) is 11.6 Å². The standard InChI is InChI=1S/C13H11F2NO4/c14-9-2-1-8(5-10(9)15)13(7-16,6-12(19)20)4-3-11(17)18/h1-2,5H,3-4,6H2,(H,17,18)(H,19,20). The predicted octanol–water partition coefficient (Wildman–Crippen LogP) is 2.07. The van der Waals surface area contributed by atoms with Crippen LogP contribution in [0.2, 0.25) is 0 Å². The molecule has 0 saturated heterocycles. The van der Waals surface area contributed by atoms with Gasteiger partial charge in [0.2, 0.25) is 0 Å². The summed E-state index contributed by atoms with van der Waals surface area (Å²) in [7, 11) is 0. The Labute approximate surface area is 113 Å². The van der Waals surface area contributed by atoms with Gasteiger partial charge >= 0.3 is 11.9 Å². The first-order chi connectivity index (χ1) is 9.30. The van der Waals surface area contributed by atoms with Crippen LogP contribution >= 0.6 is 0 Å². The summed E-state index contributed by atoms with van der Waals surface area (Å²) in [5, 5.41) is 26.8. The Bertz CT molecular complexity index is 582. The van der Waals surface area contributed by atoms with Crippen LogP contribution in [0.3, 0.4) is 0 Å². The maximum absolute atomic E-state index is 13.2. The lowest BCUT2D eigenvalue weighted by Crippen LogP contribution is -2.29. The van der Waals surface area contributed by atoms with E-state index in [0.29, 0.717) is 0 Å². The Kier molecular flexibility index (Phi) is 4.75. The monoisotopic (exact) mass is 283 g/mol. The summed E-state index contributed by atoms with van der Waals surface area (Å²) in [6, 6.07) is 4.32. The molecular weight excluding hydrogens is 272 g/mol. The van der Waals surface area contributed by atoms with Gasteiger partial charge in [0, 0.05) is 6.42 Å². The van der Waals surface area contributed by atoms with Crippen molar-refractivity contribution in [1.29, 1.82) is 5.26 Å². The van der Waals surface area contributed by atoms with E-state index >= 15 is 0 Å². The molecule has 0 radical (unpaired) electrons. The fourth-order valence-corrected chi connectivity index (χ4v) is 1.87. The second kappa shape index (κ2) is 6.10. The van der Waals surface area contributed by atoms with Gasteiger partial charge in [0.05, 0.1) is 17.9 Å². The number of rotatable bonds is 6. The van der Waals surface area contributed by atoms with Crippen molar-refractivity contribution in [2.75, 3.05) is 0 Å². The molecule has 0 heterocycles. The normalized spacial score (nSPS) is 13.2. The number of halogens is 2. The lowest BCUT2D eigenvalue weighted by atomic mass is 9.75. The molecule has 7 heteroatoms. The zero-order valence-electron chi connectivity index (χ0n) is 10.3. The molecule has 5 nitrogen and oxygen atoms in total. The molecule has 20 heavy (non-hydrogen) atoms. The van der Waals surface area contributed by atoms with E-state index in [2.05, 4.69) is 0 Å². The Morgan fingerprint density at radius 1 is 1.20 bits per heavy atom. The van der Waals surface area contributed by atoms with Crippen molar-refractivity contribution in [2.45, 2.75) is 24.7 Å². The zero-order valence-corrected chi connectivity index (χ0v) is 10.3. The van der Waals surface area contributed by atoms with E-state index in [1.807, 2.05) is 0 Å². The van der Waals surface area contributed by atoms with Crippen LogP contribution < -0.4 is 0 Å². The minimum Gasteiger partial charge on any atom is -0.481 e. The summed E-state index contributed by atoms with van der Waals surface area (Å²) in [5.41, 5.74) is -1.76. The molecule has 1 rings (SSSR count). The molecule has 0 aliphatic heterocycles. The lowest BCUT2D eigenvalue weighted by Gasteiger charge is -2.24. The molecule has 0 amide bonds. The average molecular weight is 283 g/mol. The van der Waals surface area contributed by atoms with Gasteiger partial charge in [-0.25, -0.2) is 8.78 Å². The van der Waals surface area contributed by atoms with E-state index in [1.165, 1.54) is 0 Å². The van der Waals surface area contributed by atoms with E-state index in [4.69, 9.17) is 10.2 Å². The van der Waals surface area contributed by atoms with Crippen molar-refractivity contribution in [3.63, 3.8) is 0 Å². The van der Waals surface area contributed by atoms with Crippen LogP contribution in [-0.2, 0) is 15.0 Å². The quantitative estimate of drug-likeness (QED) is 0.832. The van der Waals surface area contributed by atoms with Crippen LogP contribution in [0, 0.1) is 23.0 Å². The molecule has 0 aliphatic carbocycles. The van der Waals surface area contributed by atoms with Crippen LogP contribution in [0.4, 0.5) is 8.78 Å². The first-order valence-corrected chi connectivity index (χ1v) is 5.61. The molecule has 0 fully saturated rings. The van der Waals surface area contributed by atoms with Crippen molar-refractivity contribution in [2.24, 2.45) is 0 Å². The number of hydrogen-bond acceptors (Lipinski definition) is 3. The molecule has 1 atom stereocenters. The number of nitrogens with zero attached hydrogens (tertiary/aromatic N) is 1. The van der Waals surface area contributed by atoms with Gasteiger partial charge in [0.25, 0.3) is 0 Å². The summed E-state index contributed by atoms with van der Waals surface area (Å²) in [6.07, 6.45) is -1.46. The van der Waals surface area contributed by atoms with Crippen LogP contribution in [0.25, 0.3) is 0 Å². The molecule has 1 aromatic carbocycles. The first-order valence-electron chi connectivity index (χ1n) is 5.61. The summed E-state index contributed by atoms with van der Waals surface area (Å²) in [4.78, 5) is 21.5.